The van der Waals surface area contributed by atoms with E-state index in [1.807, 2.05) is 20.8 Å². The molecule has 7 heteroatoms. The number of carboxylic acid groups (broad SMARTS) is 1. The van der Waals surface area contributed by atoms with Crippen molar-refractivity contribution in [2.45, 2.75) is 33.1 Å². The van der Waals surface area contributed by atoms with Crippen molar-refractivity contribution in [1.82, 2.24) is 10.1 Å². The fourth-order valence-corrected chi connectivity index (χ4v) is 2.51. The fraction of sp³-hybridized carbons (Fsp3) is 0.643. The van der Waals surface area contributed by atoms with Gasteiger partial charge in [0.25, 0.3) is 0 Å². The molecule has 1 aromatic heterocycles. The van der Waals surface area contributed by atoms with Crippen LogP contribution in [0.3, 0.4) is 0 Å². The summed E-state index contributed by atoms with van der Waals surface area (Å²) in [6.45, 7) is 6.65. The average molecular weight is 295 g/mol. The predicted octanol–water partition coefficient (Wildman–Crippen LogP) is 2.37. The molecule has 2 amide bonds. The first-order valence-corrected chi connectivity index (χ1v) is 7.12. The number of urea groups is 1. The second-order valence-electron chi connectivity index (χ2n) is 5.98. The second kappa shape index (κ2) is 6.15. The van der Waals surface area contributed by atoms with Crippen molar-refractivity contribution in [2.24, 2.45) is 11.8 Å². The fourth-order valence-electron chi connectivity index (χ4n) is 2.51. The molecule has 0 aliphatic carbocycles. The van der Waals surface area contributed by atoms with Gasteiger partial charge in [-0.1, -0.05) is 25.9 Å². The zero-order valence-electron chi connectivity index (χ0n) is 12.5. The van der Waals surface area contributed by atoms with Gasteiger partial charge < -0.3 is 14.5 Å². The van der Waals surface area contributed by atoms with Crippen molar-refractivity contribution in [3.63, 3.8) is 0 Å². The smallest absolute Gasteiger partial charge is 0.323 e. The SMILES string of the molecule is CC1CC(C(=O)O)CN(C(=O)Nc2cc(C(C)C)on2)C1. The van der Waals surface area contributed by atoms with Crippen LogP contribution in [0.25, 0.3) is 0 Å². The van der Waals surface area contributed by atoms with Crippen molar-refractivity contribution in [2.75, 3.05) is 18.4 Å². The third-order valence-electron chi connectivity index (χ3n) is 3.63. The Bertz CT molecular complexity index is 526. The zero-order chi connectivity index (χ0) is 15.6. The van der Waals surface area contributed by atoms with Crippen LogP contribution in [0.15, 0.2) is 10.6 Å². The number of likely N-dealkylation sites (tertiary alicyclic amines) is 1. The molecule has 0 radical (unpaired) electrons. The molecule has 1 aliphatic heterocycles. The average Bonchev–Trinajstić information content (AvgIpc) is 2.86. The number of anilines is 1. The Labute approximate surface area is 123 Å². The summed E-state index contributed by atoms with van der Waals surface area (Å²) in [6.07, 6.45) is 0.598. The topological polar surface area (TPSA) is 95.7 Å². The summed E-state index contributed by atoms with van der Waals surface area (Å²) in [6, 6.07) is 1.35. The Morgan fingerprint density at radius 1 is 1.48 bits per heavy atom. The lowest BCUT2D eigenvalue weighted by Crippen LogP contribution is -2.47. The maximum atomic E-state index is 12.2. The van der Waals surface area contributed by atoms with Gasteiger partial charge in [-0.05, 0) is 12.3 Å². The van der Waals surface area contributed by atoms with Gasteiger partial charge in [-0.15, -0.1) is 0 Å². The van der Waals surface area contributed by atoms with Gasteiger partial charge in [0, 0.05) is 25.1 Å². The van der Waals surface area contributed by atoms with Gasteiger partial charge in [-0.2, -0.15) is 0 Å². The lowest BCUT2D eigenvalue weighted by molar-refractivity contribution is -0.143. The van der Waals surface area contributed by atoms with Gasteiger partial charge in [0.1, 0.15) is 5.76 Å². The number of carboxylic acids is 1. The summed E-state index contributed by atoms with van der Waals surface area (Å²) in [5, 5.41) is 15.6. The lowest BCUT2D eigenvalue weighted by Gasteiger charge is -2.34. The molecule has 1 saturated heterocycles. The molecule has 0 aromatic carbocycles. The number of hydrogen-bond donors (Lipinski definition) is 2. The van der Waals surface area contributed by atoms with Crippen molar-refractivity contribution in [1.29, 1.82) is 0 Å². The van der Waals surface area contributed by atoms with Crippen molar-refractivity contribution in [3.05, 3.63) is 11.8 Å². The summed E-state index contributed by atoms with van der Waals surface area (Å²) in [5.41, 5.74) is 0. The Morgan fingerprint density at radius 3 is 2.76 bits per heavy atom. The van der Waals surface area contributed by atoms with Crippen LogP contribution in [0.1, 0.15) is 38.9 Å². The van der Waals surface area contributed by atoms with Gasteiger partial charge >= 0.3 is 12.0 Å². The van der Waals surface area contributed by atoms with Crippen LogP contribution >= 0.6 is 0 Å². The summed E-state index contributed by atoms with van der Waals surface area (Å²) in [4.78, 5) is 24.8. The molecule has 1 fully saturated rings. The first kappa shape index (κ1) is 15.3. The van der Waals surface area contributed by atoms with E-state index in [1.54, 1.807) is 6.07 Å². The van der Waals surface area contributed by atoms with Crippen LogP contribution in [0.4, 0.5) is 10.6 Å². The number of amides is 2. The Hall–Kier alpha value is -2.05. The first-order chi connectivity index (χ1) is 9.86. The van der Waals surface area contributed by atoms with E-state index in [-0.39, 0.29) is 24.4 Å². The van der Waals surface area contributed by atoms with Gasteiger partial charge in [0.15, 0.2) is 5.82 Å². The number of hydrogen-bond acceptors (Lipinski definition) is 4. The van der Waals surface area contributed by atoms with E-state index in [0.29, 0.717) is 24.5 Å². The van der Waals surface area contributed by atoms with Crippen LogP contribution in [0.5, 0.6) is 0 Å². The molecule has 2 unspecified atom stereocenters. The van der Waals surface area contributed by atoms with E-state index in [2.05, 4.69) is 10.5 Å². The number of aromatic nitrogens is 1. The van der Waals surface area contributed by atoms with Crippen molar-refractivity contribution >= 4 is 17.8 Å². The highest BCUT2D eigenvalue weighted by molar-refractivity contribution is 5.88. The van der Waals surface area contributed by atoms with E-state index in [4.69, 9.17) is 9.63 Å². The third-order valence-corrected chi connectivity index (χ3v) is 3.63. The van der Waals surface area contributed by atoms with Crippen LogP contribution in [0.2, 0.25) is 0 Å². The molecule has 0 spiro atoms. The van der Waals surface area contributed by atoms with Gasteiger partial charge in [0.05, 0.1) is 5.92 Å². The monoisotopic (exact) mass is 295 g/mol. The van der Waals surface area contributed by atoms with E-state index >= 15 is 0 Å². The van der Waals surface area contributed by atoms with Crippen LogP contribution in [-0.2, 0) is 4.79 Å². The summed E-state index contributed by atoms with van der Waals surface area (Å²) >= 11 is 0. The van der Waals surface area contributed by atoms with Crippen LogP contribution < -0.4 is 5.32 Å². The highest BCUT2D eigenvalue weighted by Crippen LogP contribution is 2.23. The Balaban J connectivity index is 2.00. The number of rotatable bonds is 3. The Morgan fingerprint density at radius 2 is 2.19 bits per heavy atom. The van der Waals surface area contributed by atoms with Gasteiger partial charge in [-0.25, -0.2) is 4.79 Å². The van der Waals surface area contributed by atoms with Crippen molar-refractivity contribution in [3.8, 4) is 0 Å². The standard InChI is InChI=1S/C14H21N3O4/c1-8(2)11-5-12(16-21-11)15-14(20)17-6-9(3)4-10(7-17)13(18)19/h5,8-10H,4,6-7H2,1-3H3,(H,18,19)(H,15,16,20). The van der Waals surface area contributed by atoms with E-state index in [9.17, 15) is 9.59 Å². The molecule has 0 bridgehead atoms. The molecule has 2 N–H and O–H groups in total. The highest BCUT2D eigenvalue weighted by atomic mass is 16.5. The number of aliphatic carboxylic acids is 1. The maximum absolute atomic E-state index is 12.2. The Kier molecular flexibility index (Phi) is 4.50. The minimum absolute atomic E-state index is 0.161. The first-order valence-electron chi connectivity index (χ1n) is 7.12. The van der Waals surface area contributed by atoms with Gasteiger partial charge in [0.2, 0.25) is 0 Å². The molecule has 116 valence electrons. The van der Waals surface area contributed by atoms with E-state index in [0.717, 1.165) is 0 Å². The molecular weight excluding hydrogens is 274 g/mol. The minimum Gasteiger partial charge on any atom is -0.481 e. The predicted molar refractivity (Wildman–Crippen MR) is 76.1 cm³/mol. The quantitative estimate of drug-likeness (QED) is 0.892. The molecule has 7 nitrogen and oxygen atoms in total. The summed E-state index contributed by atoms with van der Waals surface area (Å²) < 4.78 is 5.12. The molecular formula is C14H21N3O4. The highest BCUT2D eigenvalue weighted by Gasteiger charge is 2.32. The molecule has 1 aliphatic rings. The summed E-state index contributed by atoms with van der Waals surface area (Å²) in [7, 11) is 0. The van der Waals surface area contributed by atoms with Gasteiger partial charge in [-0.3, -0.25) is 10.1 Å². The number of carbonyl (C=O) groups excluding carboxylic acids is 1. The molecule has 1 aromatic rings. The largest absolute Gasteiger partial charge is 0.481 e. The van der Waals surface area contributed by atoms with Crippen LogP contribution in [0, 0.1) is 11.8 Å². The number of carbonyl (C=O) groups is 2. The number of piperidine rings is 1. The molecule has 2 atom stereocenters. The van der Waals surface area contributed by atoms with Crippen LogP contribution in [-0.4, -0.2) is 40.3 Å². The zero-order valence-corrected chi connectivity index (χ0v) is 12.5. The molecule has 0 saturated carbocycles. The molecule has 2 heterocycles. The van der Waals surface area contributed by atoms with E-state index < -0.39 is 11.9 Å². The maximum Gasteiger partial charge on any atom is 0.323 e. The number of nitrogens with zero attached hydrogens (tertiary/aromatic N) is 2. The lowest BCUT2D eigenvalue weighted by atomic mass is 9.91. The third kappa shape index (κ3) is 3.74. The molecule has 2 rings (SSSR count). The normalized spacial score (nSPS) is 22.4. The molecule has 21 heavy (non-hydrogen) atoms. The minimum atomic E-state index is -0.858. The summed E-state index contributed by atoms with van der Waals surface area (Å²) in [5.74, 6) is 0.0316. The van der Waals surface area contributed by atoms with E-state index in [1.165, 1.54) is 4.90 Å². The number of nitrogens with one attached hydrogen (secondary N) is 1. The second-order valence-corrected chi connectivity index (χ2v) is 5.98. The van der Waals surface area contributed by atoms with Crippen molar-refractivity contribution < 1.29 is 19.2 Å².